The smallest absolute Gasteiger partial charge is 0.344 e. The van der Waals surface area contributed by atoms with Gasteiger partial charge in [-0.15, -0.1) is 0 Å². The molecule has 2 aromatic rings. The monoisotopic (exact) mass is 676 g/mol. The third-order valence-corrected chi connectivity index (χ3v) is 14.5. The Labute approximate surface area is 292 Å². The van der Waals surface area contributed by atoms with Crippen LogP contribution >= 0.6 is 11.6 Å². The number of halogens is 1. The Kier molecular flexibility index (Phi) is 9.58. The van der Waals surface area contributed by atoms with Gasteiger partial charge in [0.25, 0.3) is 0 Å². The third kappa shape index (κ3) is 6.17. The Morgan fingerprint density at radius 1 is 1.00 bits per heavy atom. The van der Waals surface area contributed by atoms with Gasteiger partial charge in [0.05, 0.1) is 5.02 Å². The van der Waals surface area contributed by atoms with E-state index in [2.05, 4.69) is 40.7 Å². The van der Waals surface area contributed by atoms with E-state index in [-0.39, 0.29) is 29.7 Å². The molecule has 0 aliphatic heterocycles. The quantitative estimate of drug-likeness (QED) is 0.150. The van der Waals surface area contributed by atoms with Gasteiger partial charge in [-0.2, -0.15) is 0 Å². The lowest BCUT2D eigenvalue weighted by Gasteiger charge is -2.58. The van der Waals surface area contributed by atoms with Crippen molar-refractivity contribution in [1.82, 2.24) is 0 Å². The summed E-state index contributed by atoms with van der Waals surface area (Å²) in [5, 5.41) is 1.27. The summed E-state index contributed by atoms with van der Waals surface area (Å²) < 4.78 is 17.5. The van der Waals surface area contributed by atoms with Crippen LogP contribution in [-0.2, 0) is 22.4 Å². The molecule has 48 heavy (non-hydrogen) atoms. The van der Waals surface area contributed by atoms with Gasteiger partial charge >= 0.3 is 11.6 Å². The molecule has 3 fully saturated rings. The molecule has 5 aliphatic carbocycles. The topological polar surface area (TPSA) is 65.7 Å². The first-order chi connectivity index (χ1) is 23.0. The Morgan fingerprint density at radius 2 is 1.79 bits per heavy atom. The zero-order chi connectivity index (χ0) is 33.8. The van der Waals surface area contributed by atoms with Gasteiger partial charge in [0.2, 0.25) is 0 Å². The number of carbonyl (C=O) groups excluding carboxylic acids is 1. The van der Waals surface area contributed by atoms with Crippen LogP contribution in [0.4, 0.5) is 0 Å². The zero-order valence-electron chi connectivity index (χ0n) is 30.0. The predicted octanol–water partition coefficient (Wildman–Crippen LogP) is 10.7. The number of ether oxygens (including phenoxy) is 2. The van der Waals surface area contributed by atoms with E-state index in [0.717, 1.165) is 97.0 Å². The minimum absolute atomic E-state index is 0.120. The lowest BCUT2D eigenvalue weighted by molar-refractivity contribution is -0.153. The van der Waals surface area contributed by atoms with Crippen LogP contribution in [0.1, 0.15) is 129 Å². The van der Waals surface area contributed by atoms with E-state index >= 15 is 0 Å². The van der Waals surface area contributed by atoms with E-state index in [4.69, 9.17) is 25.5 Å². The molecule has 0 spiro atoms. The second-order valence-corrected chi connectivity index (χ2v) is 17.7. The fourth-order valence-electron chi connectivity index (χ4n) is 11.7. The molecule has 0 N–H and O–H groups in total. The summed E-state index contributed by atoms with van der Waals surface area (Å²) in [7, 11) is 0. The maximum absolute atomic E-state index is 13.0. The van der Waals surface area contributed by atoms with Gasteiger partial charge in [-0.05, 0) is 129 Å². The average molecular weight is 677 g/mol. The van der Waals surface area contributed by atoms with Crippen molar-refractivity contribution >= 4 is 28.5 Å². The van der Waals surface area contributed by atoms with Crippen molar-refractivity contribution in [1.29, 1.82) is 0 Å². The molecule has 8 atom stereocenters. The van der Waals surface area contributed by atoms with Gasteiger partial charge in [-0.25, -0.2) is 9.59 Å². The standard InChI is InChI=1S/C42H57ClO5/c1-25(2)9-8-10-26(3)33-15-16-34-31-14-13-27-21-28(17-19-41(27,4)35(31)18-20-42(33,34)5)47-39(44)24-46-38-23-37-32(22-36(38)43)29-11-6-7-12-30(29)40(45)48-37/h13,22-23,25-26,28,31,33-35H,6-12,14-21,24H2,1-5H3/t26-,28+,31?,33-,34?,35?,41+,42-/m1/s1. The number of esters is 1. The molecule has 3 saturated carbocycles. The van der Waals surface area contributed by atoms with Crippen LogP contribution in [0.5, 0.6) is 5.75 Å². The van der Waals surface area contributed by atoms with Crippen molar-refractivity contribution in [2.24, 2.45) is 46.3 Å². The summed E-state index contributed by atoms with van der Waals surface area (Å²) in [5.74, 6) is 4.84. The van der Waals surface area contributed by atoms with Crippen LogP contribution in [0.3, 0.4) is 0 Å². The molecule has 0 amide bonds. The molecule has 5 nitrogen and oxygen atoms in total. The van der Waals surface area contributed by atoms with Crippen LogP contribution in [-0.4, -0.2) is 18.7 Å². The average Bonchev–Trinajstić information content (AvgIpc) is 3.42. The molecular formula is C42H57ClO5. The van der Waals surface area contributed by atoms with Crippen molar-refractivity contribution in [3.8, 4) is 5.75 Å². The number of hydrogen-bond acceptors (Lipinski definition) is 5. The van der Waals surface area contributed by atoms with E-state index in [1.54, 1.807) is 6.07 Å². The highest BCUT2D eigenvalue weighted by Crippen LogP contribution is 2.67. The maximum atomic E-state index is 13.0. The number of fused-ring (bicyclic) bond motifs is 8. The summed E-state index contributed by atoms with van der Waals surface area (Å²) in [4.78, 5) is 25.6. The number of aryl methyl sites for hydroxylation is 1. The van der Waals surface area contributed by atoms with E-state index < -0.39 is 0 Å². The molecular weight excluding hydrogens is 620 g/mol. The second kappa shape index (κ2) is 13.5. The van der Waals surface area contributed by atoms with Gasteiger partial charge in [0, 0.05) is 23.4 Å². The minimum atomic E-state index is -0.381. The summed E-state index contributed by atoms with van der Waals surface area (Å²) in [6.45, 7) is 12.2. The molecule has 1 aromatic heterocycles. The fourth-order valence-corrected chi connectivity index (χ4v) is 11.9. The highest BCUT2D eigenvalue weighted by atomic mass is 35.5. The number of rotatable bonds is 9. The van der Waals surface area contributed by atoms with Crippen LogP contribution in [0, 0.1) is 46.3 Å². The van der Waals surface area contributed by atoms with Crippen molar-refractivity contribution < 1.29 is 18.7 Å². The Hall–Kier alpha value is -2.27. The Bertz CT molecular complexity index is 1620. The van der Waals surface area contributed by atoms with Crippen molar-refractivity contribution in [3.63, 3.8) is 0 Å². The Balaban J connectivity index is 0.966. The van der Waals surface area contributed by atoms with E-state index in [9.17, 15) is 9.59 Å². The van der Waals surface area contributed by atoms with E-state index in [1.165, 1.54) is 56.9 Å². The molecule has 1 aromatic carbocycles. The second-order valence-electron chi connectivity index (χ2n) is 17.3. The van der Waals surface area contributed by atoms with Gasteiger partial charge in [-0.3, -0.25) is 0 Å². The number of carbonyl (C=O) groups is 1. The van der Waals surface area contributed by atoms with E-state index in [1.807, 2.05) is 6.07 Å². The highest BCUT2D eigenvalue weighted by Gasteiger charge is 2.59. The van der Waals surface area contributed by atoms with Gasteiger partial charge in [-0.1, -0.05) is 77.1 Å². The summed E-state index contributed by atoms with van der Waals surface area (Å²) in [6.07, 6.45) is 19.7. The number of benzene rings is 1. The van der Waals surface area contributed by atoms with Crippen molar-refractivity contribution in [2.45, 2.75) is 137 Å². The molecule has 0 saturated heterocycles. The zero-order valence-corrected chi connectivity index (χ0v) is 30.8. The molecule has 3 unspecified atom stereocenters. The molecule has 0 radical (unpaired) electrons. The molecule has 0 bridgehead atoms. The largest absolute Gasteiger partial charge is 0.480 e. The first-order valence-electron chi connectivity index (χ1n) is 19.3. The molecule has 6 heteroatoms. The maximum Gasteiger partial charge on any atom is 0.344 e. The number of hydrogen-bond donors (Lipinski definition) is 0. The van der Waals surface area contributed by atoms with Crippen LogP contribution in [0.15, 0.2) is 33.0 Å². The summed E-state index contributed by atoms with van der Waals surface area (Å²) in [5.41, 5.74) is 4.19. The molecule has 262 valence electrons. The molecule has 7 rings (SSSR count). The first kappa shape index (κ1) is 34.2. The van der Waals surface area contributed by atoms with Gasteiger partial charge < -0.3 is 13.9 Å². The molecule has 5 aliphatic rings. The van der Waals surface area contributed by atoms with Gasteiger partial charge in [0.15, 0.2) is 6.61 Å². The summed E-state index contributed by atoms with van der Waals surface area (Å²) in [6, 6.07) is 3.45. The van der Waals surface area contributed by atoms with Crippen molar-refractivity contribution in [2.75, 3.05) is 6.61 Å². The Morgan fingerprint density at radius 3 is 2.58 bits per heavy atom. The summed E-state index contributed by atoms with van der Waals surface area (Å²) >= 11 is 6.60. The predicted molar refractivity (Wildman–Crippen MR) is 193 cm³/mol. The third-order valence-electron chi connectivity index (χ3n) is 14.2. The van der Waals surface area contributed by atoms with Crippen molar-refractivity contribution in [3.05, 3.63) is 50.4 Å². The highest BCUT2D eigenvalue weighted by molar-refractivity contribution is 6.32. The van der Waals surface area contributed by atoms with Crippen LogP contribution in [0.2, 0.25) is 5.02 Å². The van der Waals surface area contributed by atoms with Crippen LogP contribution < -0.4 is 10.4 Å². The lowest BCUT2D eigenvalue weighted by Crippen LogP contribution is -2.51. The molecule has 1 heterocycles. The number of allylic oxidation sites excluding steroid dienone is 1. The van der Waals surface area contributed by atoms with E-state index in [0.29, 0.717) is 21.8 Å². The minimum Gasteiger partial charge on any atom is -0.480 e. The van der Waals surface area contributed by atoms with Crippen LogP contribution in [0.25, 0.3) is 11.0 Å². The SMILES string of the molecule is CC(C)CCC[C@@H](C)[C@H]1CCC2C3CC=C4C[C@@H](OC(=O)COc5cc6oc(=O)c7c(c6cc5Cl)CCCC7)CC[C@]4(C)C3CC[C@@]21C. The fraction of sp³-hybridized carbons (Fsp3) is 0.714. The normalized spacial score (nSPS) is 33.3. The van der Waals surface area contributed by atoms with Gasteiger partial charge in [0.1, 0.15) is 17.4 Å². The lowest BCUT2D eigenvalue weighted by atomic mass is 9.47. The first-order valence-corrected chi connectivity index (χ1v) is 19.7.